The summed E-state index contributed by atoms with van der Waals surface area (Å²) in [5.41, 5.74) is 8.76. The van der Waals surface area contributed by atoms with Crippen LogP contribution < -0.4 is 10.6 Å². The maximum absolute atomic E-state index is 12.2. The summed E-state index contributed by atoms with van der Waals surface area (Å²) in [6.07, 6.45) is 1.54. The van der Waals surface area contributed by atoms with Gasteiger partial charge in [-0.15, -0.1) is 0 Å². The maximum Gasteiger partial charge on any atom is 0.261 e. The van der Waals surface area contributed by atoms with Crippen LogP contribution in [0.25, 0.3) is 0 Å². The van der Waals surface area contributed by atoms with Crippen LogP contribution in [0.3, 0.4) is 0 Å². The molecule has 1 aromatic heterocycles. The molecular weight excluding hydrogens is 228 g/mol. The standard InChI is InChI=1S/C13H16N4O/c1-9-12(8-15-16-9)13(18)17(2)11-5-3-10(7-14)4-6-11/h3-6,8H,7,14H2,1-2H3,(H,15,16). The number of anilines is 1. The lowest BCUT2D eigenvalue weighted by Gasteiger charge is -2.17. The van der Waals surface area contributed by atoms with Crippen molar-refractivity contribution >= 4 is 11.6 Å². The third-order valence-electron chi connectivity index (χ3n) is 2.92. The van der Waals surface area contributed by atoms with E-state index in [0.29, 0.717) is 12.1 Å². The van der Waals surface area contributed by atoms with Gasteiger partial charge in [-0.3, -0.25) is 9.89 Å². The van der Waals surface area contributed by atoms with E-state index in [9.17, 15) is 4.79 Å². The van der Waals surface area contributed by atoms with Gasteiger partial charge in [-0.05, 0) is 24.6 Å². The van der Waals surface area contributed by atoms with Crippen LogP contribution in [-0.2, 0) is 6.54 Å². The van der Waals surface area contributed by atoms with Crippen LogP contribution in [0.1, 0.15) is 21.6 Å². The van der Waals surface area contributed by atoms with Gasteiger partial charge in [0, 0.05) is 25.0 Å². The Labute approximate surface area is 106 Å². The Kier molecular flexibility index (Phi) is 3.43. The highest BCUT2D eigenvalue weighted by Gasteiger charge is 2.16. The Hall–Kier alpha value is -2.14. The first-order valence-electron chi connectivity index (χ1n) is 5.70. The number of carbonyl (C=O) groups excluding carboxylic acids is 1. The number of carbonyl (C=O) groups is 1. The molecule has 0 radical (unpaired) electrons. The van der Waals surface area contributed by atoms with Crippen LogP contribution in [0, 0.1) is 6.92 Å². The number of H-pyrrole nitrogens is 1. The monoisotopic (exact) mass is 244 g/mol. The van der Waals surface area contributed by atoms with Crippen LogP contribution in [-0.4, -0.2) is 23.2 Å². The second kappa shape index (κ2) is 5.01. The van der Waals surface area contributed by atoms with E-state index < -0.39 is 0 Å². The molecule has 0 saturated heterocycles. The van der Waals surface area contributed by atoms with E-state index in [1.54, 1.807) is 18.1 Å². The van der Waals surface area contributed by atoms with E-state index in [0.717, 1.165) is 16.9 Å². The summed E-state index contributed by atoms with van der Waals surface area (Å²) < 4.78 is 0. The lowest BCUT2D eigenvalue weighted by molar-refractivity contribution is 0.0992. The van der Waals surface area contributed by atoms with Crippen LogP contribution in [0.2, 0.25) is 0 Å². The molecule has 0 unspecified atom stereocenters. The number of hydrogen-bond acceptors (Lipinski definition) is 3. The van der Waals surface area contributed by atoms with Crippen LogP contribution in [0.4, 0.5) is 5.69 Å². The summed E-state index contributed by atoms with van der Waals surface area (Å²) in [6.45, 7) is 2.32. The average molecular weight is 244 g/mol. The topological polar surface area (TPSA) is 75.0 Å². The van der Waals surface area contributed by atoms with Crippen molar-refractivity contribution < 1.29 is 4.79 Å². The summed E-state index contributed by atoms with van der Waals surface area (Å²) >= 11 is 0. The third kappa shape index (κ3) is 2.26. The fourth-order valence-electron chi connectivity index (χ4n) is 1.72. The zero-order chi connectivity index (χ0) is 13.1. The largest absolute Gasteiger partial charge is 0.326 e. The van der Waals surface area contributed by atoms with E-state index in [1.807, 2.05) is 31.2 Å². The molecule has 1 amide bonds. The van der Waals surface area contributed by atoms with E-state index in [1.165, 1.54) is 0 Å². The lowest BCUT2D eigenvalue weighted by Crippen LogP contribution is -2.26. The first-order valence-corrected chi connectivity index (χ1v) is 5.70. The molecule has 0 aliphatic rings. The molecule has 0 fully saturated rings. The van der Waals surface area contributed by atoms with Gasteiger partial charge >= 0.3 is 0 Å². The van der Waals surface area contributed by atoms with Gasteiger partial charge in [0.05, 0.1) is 11.8 Å². The van der Waals surface area contributed by atoms with Crippen LogP contribution in [0.5, 0.6) is 0 Å². The molecule has 1 heterocycles. The fraction of sp³-hybridized carbons (Fsp3) is 0.231. The number of amides is 1. The molecule has 0 atom stereocenters. The van der Waals surface area contributed by atoms with E-state index in [2.05, 4.69) is 10.2 Å². The van der Waals surface area contributed by atoms with Crippen LogP contribution in [0.15, 0.2) is 30.5 Å². The van der Waals surface area contributed by atoms with Gasteiger partial charge in [0.1, 0.15) is 0 Å². The highest BCUT2D eigenvalue weighted by atomic mass is 16.2. The van der Waals surface area contributed by atoms with Crippen molar-refractivity contribution in [2.24, 2.45) is 5.73 Å². The Morgan fingerprint density at radius 3 is 2.56 bits per heavy atom. The number of benzene rings is 1. The molecule has 18 heavy (non-hydrogen) atoms. The van der Waals surface area contributed by atoms with Gasteiger partial charge < -0.3 is 10.6 Å². The first-order chi connectivity index (χ1) is 8.63. The molecule has 5 nitrogen and oxygen atoms in total. The number of hydrogen-bond donors (Lipinski definition) is 2. The minimum atomic E-state index is -0.0817. The summed E-state index contributed by atoms with van der Waals surface area (Å²) in [7, 11) is 1.74. The molecule has 2 rings (SSSR count). The maximum atomic E-state index is 12.2. The summed E-state index contributed by atoms with van der Waals surface area (Å²) in [6, 6.07) is 7.60. The molecule has 0 spiro atoms. The summed E-state index contributed by atoms with van der Waals surface area (Å²) in [5.74, 6) is -0.0817. The van der Waals surface area contributed by atoms with Crippen molar-refractivity contribution in [1.29, 1.82) is 0 Å². The first kappa shape index (κ1) is 12.3. The number of aromatic amines is 1. The van der Waals surface area contributed by atoms with Crippen LogP contribution >= 0.6 is 0 Å². The van der Waals surface area contributed by atoms with Crippen molar-refractivity contribution in [3.8, 4) is 0 Å². The predicted molar refractivity (Wildman–Crippen MR) is 70.4 cm³/mol. The van der Waals surface area contributed by atoms with Gasteiger partial charge in [-0.25, -0.2) is 0 Å². The quantitative estimate of drug-likeness (QED) is 0.858. The van der Waals surface area contributed by atoms with Crippen molar-refractivity contribution in [3.63, 3.8) is 0 Å². The minimum absolute atomic E-state index is 0.0817. The Bertz CT molecular complexity index is 544. The smallest absolute Gasteiger partial charge is 0.261 e. The lowest BCUT2D eigenvalue weighted by atomic mass is 10.2. The highest BCUT2D eigenvalue weighted by molar-refractivity contribution is 6.06. The molecule has 3 N–H and O–H groups in total. The highest BCUT2D eigenvalue weighted by Crippen LogP contribution is 2.17. The molecule has 1 aromatic carbocycles. The normalized spacial score (nSPS) is 10.4. The van der Waals surface area contributed by atoms with Crippen molar-refractivity contribution in [1.82, 2.24) is 10.2 Å². The molecule has 0 aliphatic heterocycles. The van der Waals surface area contributed by atoms with E-state index in [-0.39, 0.29) is 5.91 Å². The number of rotatable bonds is 3. The molecule has 2 aromatic rings. The SMILES string of the molecule is Cc1[nH]ncc1C(=O)N(C)c1ccc(CN)cc1. The zero-order valence-corrected chi connectivity index (χ0v) is 10.5. The van der Waals surface area contributed by atoms with Crippen molar-refractivity contribution in [2.75, 3.05) is 11.9 Å². The molecule has 94 valence electrons. The number of nitrogens with two attached hydrogens (primary N) is 1. The molecule has 0 saturated carbocycles. The zero-order valence-electron chi connectivity index (χ0n) is 10.5. The Morgan fingerprint density at radius 2 is 2.06 bits per heavy atom. The van der Waals surface area contributed by atoms with Crippen molar-refractivity contribution in [3.05, 3.63) is 47.3 Å². The fourth-order valence-corrected chi connectivity index (χ4v) is 1.72. The summed E-state index contributed by atoms with van der Waals surface area (Å²) in [4.78, 5) is 13.8. The van der Waals surface area contributed by atoms with Gasteiger partial charge in [0.15, 0.2) is 0 Å². The third-order valence-corrected chi connectivity index (χ3v) is 2.92. The molecule has 0 aliphatic carbocycles. The van der Waals surface area contributed by atoms with Gasteiger partial charge in [0.25, 0.3) is 5.91 Å². The van der Waals surface area contributed by atoms with Gasteiger partial charge in [-0.1, -0.05) is 12.1 Å². The van der Waals surface area contributed by atoms with Crippen molar-refractivity contribution in [2.45, 2.75) is 13.5 Å². The molecular formula is C13H16N4O. The average Bonchev–Trinajstić information content (AvgIpc) is 2.83. The predicted octanol–water partition coefficient (Wildman–Crippen LogP) is 1.45. The number of nitrogens with zero attached hydrogens (tertiary/aromatic N) is 2. The van der Waals surface area contributed by atoms with E-state index >= 15 is 0 Å². The Morgan fingerprint density at radius 1 is 1.39 bits per heavy atom. The molecule has 0 bridgehead atoms. The number of aryl methyl sites for hydroxylation is 1. The second-order valence-corrected chi connectivity index (χ2v) is 4.14. The van der Waals surface area contributed by atoms with Gasteiger partial charge in [-0.2, -0.15) is 5.10 Å². The Balaban J connectivity index is 2.23. The minimum Gasteiger partial charge on any atom is -0.326 e. The van der Waals surface area contributed by atoms with E-state index in [4.69, 9.17) is 5.73 Å². The number of nitrogens with one attached hydrogen (secondary N) is 1. The van der Waals surface area contributed by atoms with Gasteiger partial charge in [0.2, 0.25) is 0 Å². The number of aromatic nitrogens is 2. The molecule has 5 heteroatoms. The second-order valence-electron chi connectivity index (χ2n) is 4.14. The summed E-state index contributed by atoms with van der Waals surface area (Å²) in [5, 5.41) is 6.62.